The number of nitrogens with two attached hydrogens (primary N) is 1. The Hall–Kier alpha value is -4.13. The van der Waals surface area contributed by atoms with E-state index in [-0.39, 0.29) is 11.8 Å². The number of pyridine rings is 1. The molecule has 12 heteroatoms. The molecule has 0 radical (unpaired) electrons. The number of ketones is 1. The van der Waals surface area contributed by atoms with Crippen LogP contribution in [0.25, 0.3) is 11.1 Å². The van der Waals surface area contributed by atoms with E-state index in [1.807, 2.05) is 31.5 Å². The molecule has 0 saturated carbocycles. The molecule has 1 aliphatic carbocycles. The molecule has 9 nitrogen and oxygen atoms in total. The average molecular weight is 602 g/mol. The summed E-state index contributed by atoms with van der Waals surface area (Å²) in [6.07, 6.45) is 5.42. The van der Waals surface area contributed by atoms with Gasteiger partial charge in [-0.05, 0) is 68.2 Å². The zero-order valence-electron chi connectivity index (χ0n) is 25.1. The lowest BCUT2D eigenvalue weighted by atomic mass is 10.00. The maximum absolute atomic E-state index is 11.0. The minimum Gasteiger partial charge on any atom is -0.400 e. The smallest absolute Gasteiger partial charge is 0.242 e. The molecule has 0 spiro atoms. The van der Waals surface area contributed by atoms with E-state index in [1.54, 1.807) is 19.4 Å². The van der Waals surface area contributed by atoms with Gasteiger partial charge in [-0.1, -0.05) is 42.5 Å². The van der Waals surface area contributed by atoms with Crippen molar-refractivity contribution in [2.45, 2.75) is 39.7 Å². The van der Waals surface area contributed by atoms with Gasteiger partial charge >= 0.3 is 0 Å². The van der Waals surface area contributed by atoms with E-state index < -0.39 is 5.92 Å². The van der Waals surface area contributed by atoms with Crippen molar-refractivity contribution < 1.29 is 18.7 Å². The fraction of sp³-hybridized carbons (Fsp3) is 0.300. The first-order chi connectivity index (χ1) is 19.8. The number of nitrogens with zero attached hydrogens (tertiary/aromatic N) is 3. The third-order valence-electron chi connectivity index (χ3n) is 4.85. The second-order valence-corrected chi connectivity index (χ2v) is 9.27. The van der Waals surface area contributed by atoms with Crippen LogP contribution < -0.4 is 21.8 Å². The van der Waals surface area contributed by atoms with Crippen molar-refractivity contribution >= 4 is 47.4 Å². The highest BCUT2D eigenvalue weighted by atomic mass is 32.1. The number of aliphatic hydroxyl groups is 1. The number of carbonyl (C=O) groups is 1. The van der Waals surface area contributed by atoms with E-state index >= 15 is 0 Å². The molecule has 4 rings (SSSR count). The Morgan fingerprint density at radius 2 is 1.67 bits per heavy atom. The number of hydrazone groups is 1. The van der Waals surface area contributed by atoms with Gasteiger partial charge in [-0.15, -0.1) is 0 Å². The molecule has 1 atom stereocenters. The minimum absolute atomic E-state index is 0.0710. The molecule has 0 fully saturated rings. The largest absolute Gasteiger partial charge is 0.400 e. The quantitative estimate of drug-likeness (QED) is 0.151. The monoisotopic (exact) mass is 601 g/mol. The van der Waals surface area contributed by atoms with Crippen LogP contribution in [0.2, 0.25) is 0 Å². The highest BCUT2D eigenvalue weighted by Gasteiger charge is 2.26. The van der Waals surface area contributed by atoms with E-state index in [9.17, 15) is 13.6 Å². The second kappa shape index (κ2) is 19.9. The Morgan fingerprint density at radius 1 is 1.10 bits per heavy atom. The number of benzene rings is 2. The molecule has 42 heavy (non-hydrogen) atoms. The van der Waals surface area contributed by atoms with Crippen LogP contribution in [-0.4, -0.2) is 61.0 Å². The second-order valence-electron chi connectivity index (χ2n) is 8.86. The van der Waals surface area contributed by atoms with Gasteiger partial charge in [-0.3, -0.25) is 15.4 Å². The number of aliphatic imine (C=N–C) groups is 1. The Morgan fingerprint density at radius 3 is 2.19 bits per heavy atom. The lowest BCUT2D eigenvalue weighted by Gasteiger charge is -2.07. The number of rotatable bonds is 4. The summed E-state index contributed by atoms with van der Waals surface area (Å²) in [5.41, 5.74) is 16.4. The number of aliphatic hydroxyl groups excluding tert-OH is 1. The maximum atomic E-state index is 11.0. The van der Waals surface area contributed by atoms with Crippen LogP contribution in [0.4, 0.5) is 20.2 Å². The van der Waals surface area contributed by atoms with Crippen LogP contribution in [0.5, 0.6) is 0 Å². The summed E-state index contributed by atoms with van der Waals surface area (Å²) in [6.45, 7) is 7.92. The predicted molar refractivity (Wildman–Crippen MR) is 174 cm³/mol. The lowest BCUT2D eigenvalue weighted by Crippen LogP contribution is -2.27. The highest BCUT2D eigenvalue weighted by Crippen LogP contribution is 2.43. The first-order valence-electron chi connectivity index (χ1n) is 12.7. The van der Waals surface area contributed by atoms with Crippen molar-refractivity contribution in [3.8, 4) is 11.1 Å². The number of fused-ring (bicyclic) bond motifs is 3. The first kappa shape index (κ1) is 37.9. The van der Waals surface area contributed by atoms with Crippen molar-refractivity contribution in [3.05, 3.63) is 77.6 Å². The summed E-state index contributed by atoms with van der Waals surface area (Å²) in [5.74, 6) is -2.33. The summed E-state index contributed by atoms with van der Waals surface area (Å²) in [7, 11) is 4.58. The van der Waals surface area contributed by atoms with Gasteiger partial charge in [0.2, 0.25) is 5.92 Å². The molecule has 2 aromatic carbocycles. The summed E-state index contributed by atoms with van der Waals surface area (Å²) in [6, 6.07) is 16.4. The standard InChI is InChI=1S/C20H18N4.C3H6F2.C3H7N3S.C3H6O.CH4O/c1-22-18-12-23-10-9-17(18)24-11-13-5-4-8-16-19(13)14-6-2-3-7-15(14)20(16)21;1-3(2,4)5;1-4-3(7)6-5-2;1-3(2)4;1-2/h2-12,20,22H,21H2,1H3;1-2H3;2H2,1H3,(H2,4,6,7);1-2H3;2H,1H3. The Labute approximate surface area is 252 Å². The van der Waals surface area contributed by atoms with Crippen molar-refractivity contribution in [1.29, 1.82) is 0 Å². The van der Waals surface area contributed by atoms with Gasteiger partial charge in [0, 0.05) is 45.9 Å². The summed E-state index contributed by atoms with van der Waals surface area (Å²) >= 11 is 4.60. The minimum atomic E-state index is -2.50. The SMILES string of the molecule is C=NNC(=S)NC.CC(C)(F)F.CC(C)=O.CNc1cnccc1N=Cc1cccc2c1-c1ccccc1C2N.CO. The summed E-state index contributed by atoms with van der Waals surface area (Å²) < 4.78 is 22.0. The number of anilines is 1. The van der Waals surface area contributed by atoms with E-state index in [4.69, 9.17) is 10.8 Å². The van der Waals surface area contributed by atoms with Crippen molar-refractivity contribution in [1.82, 2.24) is 15.7 Å². The lowest BCUT2D eigenvalue weighted by molar-refractivity contribution is -0.115. The number of hydrogen-bond donors (Lipinski definition) is 5. The maximum Gasteiger partial charge on any atom is 0.242 e. The number of hydrogen-bond acceptors (Lipinski definition) is 8. The van der Waals surface area contributed by atoms with E-state index in [0.717, 1.165) is 43.5 Å². The van der Waals surface area contributed by atoms with Gasteiger partial charge in [0.15, 0.2) is 5.11 Å². The van der Waals surface area contributed by atoms with Crippen LogP contribution >= 0.6 is 12.2 Å². The number of carbonyl (C=O) groups excluding carboxylic acids is 1. The van der Waals surface area contributed by atoms with Crippen LogP contribution in [0.15, 0.2) is 71.0 Å². The van der Waals surface area contributed by atoms with Crippen LogP contribution in [0, 0.1) is 0 Å². The average Bonchev–Trinajstić information content (AvgIpc) is 3.25. The Bertz CT molecular complexity index is 1300. The highest BCUT2D eigenvalue weighted by molar-refractivity contribution is 7.80. The van der Waals surface area contributed by atoms with Crippen LogP contribution in [0.3, 0.4) is 0 Å². The number of halogens is 2. The molecular weight excluding hydrogens is 560 g/mol. The van der Waals surface area contributed by atoms with Gasteiger partial charge < -0.3 is 26.3 Å². The van der Waals surface area contributed by atoms with Crippen molar-refractivity contribution in [2.24, 2.45) is 15.8 Å². The number of nitrogens with one attached hydrogen (secondary N) is 3. The molecule has 3 aromatic rings. The molecule has 0 bridgehead atoms. The third kappa shape index (κ3) is 14.0. The van der Waals surface area contributed by atoms with Gasteiger partial charge in [0.25, 0.3) is 0 Å². The molecule has 0 aliphatic heterocycles. The summed E-state index contributed by atoms with van der Waals surface area (Å²) in [5, 5.41) is 16.5. The molecule has 6 N–H and O–H groups in total. The van der Waals surface area contributed by atoms with Gasteiger partial charge in [0.1, 0.15) is 5.78 Å². The van der Waals surface area contributed by atoms with Crippen molar-refractivity contribution in [3.63, 3.8) is 0 Å². The number of thiocarbonyl (C=S) groups is 1. The predicted octanol–water partition coefficient (Wildman–Crippen LogP) is 5.46. The van der Waals surface area contributed by atoms with Crippen LogP contribution in [0.1, 0.15) is 50.4 Å². The fourth-order valence-corrected chi connectivity index (χ4v) is 3.45. The molecule has 1 aromatic heterocycles. The zero-order chi connectivity index (χ0) is 32.3. The van der Waals surface area contributed by atoms with E-state index in [1.165, 1.54) is 30.5 Å². The molecular formula is C30H41F2N7O2S. The molecule has 0 saturated heterocycles. The van der Waals surface area contributed by atoms with Crippen LogP contribution in [-0.2, 0) is 4.79 Å². The third-order valence-corrected chi connectivity index (χ3v) is 5.14. The van der Waals surface area contributed by atoms with Gasteiger partial charge in [-0.2, -0.15) is 5.10 Å². The topological polar surface area (TPSA) is 137 Å². The summed E-state index contributed by atoms with van der Waals surface area (Å²) in [4.78, 5) is 18.2. The molecule has 1 aliphatic rings. The number of Topliss-reactive ketones (excluding diaryl/α,β-unsaturated/α-hetero) is 1. The molecule has 1 heterocycles. The molecule has 0 amide bonds. The first-order valence-corrected chi connectivity index (χ1v) is 13.1. The fourth-order valence-electron chi connectivity index (χ4n) is 3.39. The molecule has 1 unspecified atom stereocenters. The normalized spacial score (nSPS) is 12.1. The van der Waals surface area contributed by atoms with Gasteiger partial charge in [-0.25, -0.2) is 8.78 Å². The number of aromatic nitrogens is 1. The zero-order valence-corrected chi connectivity index (χ0v) is 25.9. The molecule has 228 valence electrons. The Kier molecular flexibility index (Phi) is 17.9. The van der Waals surface area contributed by atoms with E-state index in [0.29, 0.717) is 5.11 Å². The van der Waals surface area contributed by atoms with Gasteiger partial charge in [0.05, 0.1) is 23.6 Å². The van der Waals surface area contributed by atoms with Crippen molar-refractivity contribution in [2.75, 3.05) is 26.5 Å². The Balaban J connectivity index is 0.000000772. The van der Waals surface area contributed by atoms with E-state index in [2.05, 4.69) is 80.4 Å². The number of alkyl halides is 2.